The number of allylic oxidation sites excluding steroid dienone is 1. The molecule has 2 heteroatoms. The minimum atomic E-state index is 0.593. The highest BCUT2D eigenvalue weighted by Gasteiger charge is 2.23. The van der Waals surface area contributed by atoms with Crippen molar-refractivity contribution in [3.05, 3.63) is 11.1 Å². The van der Waals surface area contributed by atoms with Gasteiger partial charge in [-0.2, -0.15) is 12.6 Å². The van der Waals surface area contributed by atoms with Crippen molar-refractivity contribution in [3.8, 4) is 0 Å². The van der Waals surface area contributed by atoms with Crippen LogP contribution in [0.1, 0.15) is 52.9 Å². The van der Waals surface area contributed by atoms with Gasteiger partial charge in [-0.05, 0) is 45.1 Å². The fraction of sp³-hybridized carbons (Fsp3) is 0.857. The van der Waals surface area contributed by atoms with Crippen LogP contribution in [0.2, 0.25) is 0 Å². The van der Waals surface area contributed by atoms with Crippen molar-refractivity contribution in [2.24, 2.45) is 5.92 Å². The van der Waals surface area contributed by atoms with Gasteiger partial charge in [-0.25, -0.2) is 0 Å². The van der Waals surface area contributed by atoms with Crippen LogP contribution in [-0.2, 0) is 0 Å². The number of thiol groups is 1. The van der Waals surface area contributed by atoms with Crippen molar-refractivity contribution >= 4 is 12.6 Å². The largest absolute Gasteiger partial charge is 0.313 e. The van der Waals surface area contributed by atoms with E-state index in [1.807, 2.05) is 0 Å². The zero-order chi connectivity index (χ0) is 12.1. The molecule has 2 atom stereocenters. The van der Waals surface area contributed by atoms with E-state index in [1.165, 1.54) is 32.1 Å². The Morgan fingerprint density at radius 3 is 2.62 bits per heavy atom. The van der Waals surface area contributed by atoms with Gasteiger partial charge in [0.15, 0.2) is 0 Å². The van der Waals surface area contributed by atoms with E-state index in [0.29, 0.717) is 11.3 Å². The molecule has 94 valence electrons. The van der Waals surface area contributed by atoms with Gasteiger partial charge in [0.2, 0.25) is 0 Å². The van der Waals surface area contributed by atoms with Crippen LogP contribution in [0.5, 0.6) is 0 Å². The lowest BCUT2D eigenvalue weighted by Crippen LogP contribution is -2.32. The van der Waals surface area contributed by atoms with Crippen LogP contribution in [0.25, 0.3) is 0 Å². The number of hydrogen-bond acceptors (Lipinski definition) is 2. The van der Waals surface area contributed by atoms with Crippen molar-refractivity contribution in [1.29, 1.82) is 0 Å². The van der Waals surface area contributed by atoms with Crippen LogP contribution in [0.4, 0.5) is 0 Å². The summed E-state index contributed by atoms with van der Waals surface area (Å²) in [5.41, 5.74) is 3.34. The van der Waals surface area contributed by atoms with Crippen LogP contribution in [-0.4, -0.2) is 18.3 Å². The highest BCUT2D eigenvalue weighted by Crippen LogP contribution is 2.33. The molecule has 0 saturated carbocycles. The average molecular weight is 241 g/mol. The summed E-state index contributed by atoms with van der Waals surface area (Å²) in [6, 6.07) is 0.593. The fourth-order valence-electron chi connectivity index (χ4n) is 2.71. The molecule has 0 amide bonds. The number of nitrogens with one attached hydrogen (secondary N) is 1. The van der Waals surface area contributed by atoms with Gasteiger partial charge in [0, 0.05) is 11.3 Å². The van der Waals surface area contributed by atoms with E-state index in [0.717, 1.165) is 5.92 Å². The number of rotatable bonds is 5. The molecule has 16 heavy (non-hydrogen) atoms. The SMILES string of the molecule is CCC1=C(C(CC(C)C)NC)CCC(S)C1. The molecule has 0 aliphatic heterocycles. The van der Waals surface area contributed by atoms with Crippen LogP contribution >= 0.6 is 12.6 Å². The molecular formula is C14H27NS. The van der Waals surface area contributed by atoms with Crippen LogP contribution in [0.3, 0.4) is 0 Å². The normalized spacial score (nSPS) is 24.0. The van der Waals surface area contributed by atoms with E-state index in [2.05, 4.69) is 45.8 Å². The maximum absolute atomic E-state index is 4.63. The van der Waals surface area contributed by atoms with Crippen molar-refractivity contribution in [1.82, 2.24) is 5.32 Å². The molecule has 1 aliphatic carbocycles. The number of likely N-dealkylation sites (N-methyl/N-ethyl adjacent to an activating group) is 1. The van der Waals surface area contributed by atoms with Gasteiger partial charge in [-0.3, -0.25) is 0 Å². The van der Waals surface area contributed by atoms with Crippen LogP contribution < -0.4 is 5.32 Å². The molecule has 0 radical (unpaired) electrons. The standard InChI is InChI=1S/C14H27NS/c1-5-11-9-12(16)6-7-13(11)14(15-4)8-10(2)3/h10,12,14-16H,5-9H2,1-4H3. The third-order valence-corrected chi connectivity index (χ3v) is 4.03. The molecule has 1 rings (SSSR count). The third-order valence-electron chi connectivity index (χ3n) is 3.59. The number of hydrogen-bond donors (Lipinski definition) is 2. The average Bonchev–Trinajstić information content (AvgIpc) is 2.25. The van der Waals surface area contributed by atoms with E-state index in [-0.39, 0.29) is 0 Å². The molecule has 0 aromatic rings. The second-order valence-corrected chi connectivity index (χ2v) is 6.08. The molecule has 0 saturated heterocycles. The molecular weight excluding hydrogens is 214 g/mol. The zero-order valence-corrected chi connectivity index (χ0v) is 12.1. The smallest absolute Gasteiger partial charge is 0.0281 e. The minimum absolute atomic E-state index is 0.593. The Labute approximate surface area is 106 Å². The Balaban J connectivity index is 2.80. The predicted molar refractivity (Wildman–Crippen MR) is 76.2 cm³/mol. The lowest BCUT2D eigenvalue weighted by atomic mass is 9.83. The maximum Gasteiger partial charge on any atom is 0.0281 e. The van der Waals surface area contributed by atoms with Gasteiger partial charge >= 0.3 is 0 Å². The Morgan fingerprint density at radius 2 is 2.12 bits per heavy atom. The van der Waals surface area contributed by atoms with Crippen LogP contribution in [0.15, 0.2) is 11.1 Å². The lowest BCUT2D eigenvalue weighted by Gasteiger charge is -2.30. The maximum atomic E-state index is 4.63. The van der Waals surface area contributed by atoms with Crippen molar-refractivity contribution < 1.29 is 0 Å². The highest BCUT2D eigenvalue weighted by atomic mass is 32.1. The molecule has 0 bridgehead atoms. The lowest BCUT2D eigenvalue weighted by molar-refractivity contribution is 0.459. The molecule has 0 aromatic heterocycles. The Hall–Kier alpha value is 0.0500. The van der Waals surface area contributed by atoms with Gasteiger partial charge < -0.3 is 5.32 Å². The Kier molecular flexibility index (Phi) is 5.91. The summed E-state index contributed by atoms with van der Waals surface area (Å²) < 4.78 is 0. The first-order valence-corrected chi connectivity index (χ1v) is 7.16. The molecule has 0 aromatic carbocycles. The van der Waals surface area contributed by atoms with Gasteiger partial charge in [0.1, 0.15) is 0 Å². The fourth-order valence-corrected chi connectivity index (χ4v) is 3.06. The van der Waals surface area contributed by atoms with Gasteiger partial charge in [0.05, 0.1) is 0 Å². The quantitative estimate of drug-likeness (QED) is 0.551. The molecule has 0 heterocycles. The molecule has 0 spiro atoms. The summed E-state index contributed by atoms with van der Waals surface area (Å²) in [5.74, 6) is 0.761. The van der Waals surface area contributed by atoms with E-state index in [9.17, 15) is 0 Å². The summed E-state index contributed by atoms with van der Waals surface area (Å²) in [5, 5.41) is 4.09. The molecule has 1 nitrogen and oxygen atoms in total. The third kappa shape index (κ3) is 3.81. The minimum Gasteiger partial charge on any atom is -0.313 e. The van der Waals surface area contributed by atoms with Gasteiger partial charge in [0.25, 0.3) is 0 Å². The second kappa shape index (κ2) is 6.70. The summed E-state index contributed by atoms with van der Waals surface area (Å²) in [7, 11) is 2.10. The summed E-state index contributed by atoms with van der Waals surface area (Å²) >= 11 is 4.63. The van der Waals surface area contributed by atoms with Crippen LogP contribution in [0, 0.1) is 5.92 Å². The first-order valence-electron chi connectivity index (χ1n) is 6.64. The summed E-state index contributed by atoms with van der Waals surface area (Å²) in [4.78, 5) is 0. The predicted octanol–water partition coefficient (Wildman–Crippen LogP) is 3.81. The molecule has 1 aliphatic rings. The molecule has 0 fully saturated rings. The van der Waals surface area contributed by atoms with Crippen molar-refractivity contribution in [2.75, 3.05) is 7.05 Å². The van der Waals surface area contributed by atoms with E-state index >= 15 is 0 Å². The summed E-state index contributed by atoms with van der Waals surface area (Å²) in [6.45, 7) is 6.89. The van der Waals surface area contributed by atoms with Gasteiger partial charge in [-0.15, -0.1) is 0 Å². The zero-order valence-electron chi connectivity index (χ0n) is 11.2. The first-order chi connectivity index (χ1) is 7.58. The van der Waals surface area contributed by atoms with E-state index < -0.39 is 0 Å². The Bertz CT molecular complexity index is 245. The van der Waals surface area contributed by atoms with E-state index in [4.69, 9.17) is 0 Å². The first kappa shape index (κ1) is 14.1. The Morgan fingerprint density at radius 1 is 1.44 bits per heavy atom. The van der Waals surface area contributed by atoms with Gasteiger partial charge in [-0.1, -0.05) is 31.9 Å². The second-order valence-electron chi connectivity index (χ2n) is 5.35. The topological polar surface area (TPSA) is 12.0 Å². The van der Waals surface area contributed by atoms with Crippen molar-refractivity contribution in [2.45, 2.75) is 64.2 Å². The molecule has 1 N–H and O–H groups in total. The highest BCUT2D eigenvalue weighted by molar-refractivity contribution is 7.80. The van der Waals surface area contributed by atoms with Crippen molar-refractivity contribution in [3.63, 3.8) is 0 Å². The summed E-state index contributed by atoms with van der Waals surface area (Å²) in [6.07, 6.45) is 6.15. The van der Waals surface area contributed by atoms with E-state index in [1.54, 1.807) is 11.1 Å². The monoisotopic (exact) mass is 241 g/mol. The molecule has 2 unspecified atom stereocenters.